The average molecular weight is 363 g/mol. The van der Waals surface area contributed by atoms with E-state index in [2.05, 4.69) is 55.3 Å². The molecule has 1 amide bonds. The topological polar surface area (TPSA) is 32.3 Å². The predicted octanol–water partition coefficient (Wildman–Crippen LogP) is 5.84. The minimum atomic E-state index is -0.109. The normalized spacial score (nSPS) is 17.5. The van der Waals surface area contributed by atoms with Crippen molar-refractivity contribution in [2.45, 2.75) is 52.0 Å². The summed E-state index contributed by atoms with van der Waals surface area (Å²) in [5.41, 5.74) is 4.40. The molecule has 0 bridgehead atoms. The van der Waals surface area contributed by atoms with Crippen molar-refractivity contribution in [2.24, 2.45) is 0 Å². The molecule has 1 heterocycles. The summed E-state index contributed by atoms with van der Waals surface area (Å²) in [6, 6.07) is 17.1. The fourth-order valence-electron chi connectivity index (χ4n) is 3.57. The lowest BCUT2D eigenvalue weighted by molar-refractivity contribution is -0.111. The Labute approximate surface area is 163 Å². The molecule has 1 saturated heterocycles. The summed E-state index contributed by atoms with van der Waals surface area (Å²) in [7, 11) is 0. The number of carbonyl (C=O) groups is 1. The molecule has 1 N–H and O–H groups in total. The molecule has 2 aromatic carbocycles. The fraction of sp³-hybridized carbons (Fsp3) is 0.375. The van der Waals surface area contributed by atoms with Crippen molar-refractivity contribution >= 4 is 23.4 Å². The predicted molar refractivity (Wildman–Crippen MR) is 115 cm³/mol. The third-order valence-electron chi connectivity index (χ3n) is 5.30. The maximum absolute atomic E-state index is 12.2. The molecule has 2 aromatic rings. The molecule has 27 heavy (non-hydrogen) atoms. The molecule has 0 unspecified atom stereocenters. The SMILES string of the molecule is CC(C)c1ccc(/C=C/C(=O)Nc2ccc(N3CCCC[C@H]3C)cc2)cc1. The van der Waals surface area contributed by atoms with E-state index in [4.69, 9.17) is 0 Å². The van der Waals surface area contributed by atoms with Gasteiger partial charge < -0.3 is 10.2 Å². The Morgan fingerprint density at radius 1 is 1.07 bits per heavy atom. The number of hydrogen-bond acceptors (Lipinski definition) is 2. The lowest BCUT2D eigenvalue weighted by atomic mass is 10.0. The van der Waals surface area contributed by atoms with Crippen LogP contribution >= 0.6 is 0 Å². The zero-order valence-corrected chi connectivity index (χ0v) is 16.6. The van der Waals surface area contributed by atoms with Crippen LogP contribution in [0.3, 0.4) is 0 Å². The quantitative estimate of drug-likeness (QED) is 0.678. The van der Waals surface area contributed by atoms with Gasteiger partial charge in [-0.1, -0.05) is 38.1 Å². The molecule has 0 aliphatic carbocycles. The van der Waals surface area contributed by atoms with Gasteiger partial charge in [0, 0.05) is 30.0 Å². The summed E-state index contributed by atoms with van der Waals surface area (Å²) in [5, 5.41) is 2.94. The first-order chi connectivity index (χ1) is 13.0. The number of rotatable bonds is 5. The molecule has 0 saturated carbocycles. The zero-order chi connectivity index (χ0) is 19.2. The van der Waals surface area contributed by atoms with Gasteiger partial charge in [0.05, 0.1) is 0 Å². The third-order valence-corrected chi connectivity index (χ3v) is 5.30. The van der Waals surface area contributed by atoms with Crippen molar-refractivity contribution < 1.29 is 4.79 Å². The highest BCUT2D eigenvalue weighted by atomic mass is 16.1. The number of benzene rings is 2. The maximum Gasteiger partial charge on any atom is 0.248 e. The molecule has 142 valence electrons. The number of anilines is 2. The van der Waals surface area contributed by atoms with Crippen molar-refractivity contribution in [3.05, 3.63) is 65.7 Å². The minimum Gasteiger partial charge on any atom is -0.369 e. The van der Waals surface area contributed by atoms with Gasteiger partial charge in [0.25, 0.3) is 0 Å². The molecule has 1 atom stereocenters. The van der Waals surface area contributed by atoms with E-state index in [1.807, 2.05) is 30.3 Å². The monoisotopic (exact) mass is 362 g/mol. The number of amides is 1. The molecule has 0 spiro atoms. The van der Waals surface area contributed by atoms with Crippen molar-refractivity contribution in [2.75, 3.05) is 16.8 Å². The van der Waals surface area contributed by atoms with Gasteiger partial charge in [0.15, 0.2) is 0 Å². The first-order valence-corrected chi connectivity index (χ1v) is 9.98. The number of carbonyl (C=O) groups excluding carboxylic acids is 1. The molecule has 1 aliphatic rings. The van der Waals surface area contributed by atoms with Gasteiger partial charge in [0.2, 0.25) is 5.91 Å². The van der Waals surface area contributed by atoms with E-state index in [0.717, 1.165) is 17.8 Å². The number of nitrogens with one attached hydrogen (secondary N) is 1. The molecule has 0 aromatic heterocycles. The van der Waals surface area contributed by atoms with Crippen LogP contribution in [-0.2, 0) is 4.79 Å². The zero-order valence-electron chi connectivity index (χ0n) is 16.6. The van der Waals surface area contributed by atoms with Crippen LogP contribution in [0.5, 0.6) is 0 Å². The number of piperidine rings is 1. The highest BCUT2D eigenvalue weighted by Gasteiger charge is 2.18. The smallest absolute Gasteiger partial charge is 0.248 e. The molecule has 1 aliphatic heterocycles. The number of hydrogen-bond donors (Lipinski definition) is 1. The second-order valence-electron chi connectivity index (χ2n) is 7.73. The lowest BCUT2D eigenvalue weighted by Gasteiger charge is -2.35. The molecule has 1 fully saturated rings. The Balaban J connectivity index is 1.57. The Hall–Kier alpha value is -2.55. The average Bonchev–Trinajstić information content (AvgIpc) is 2.68. The molecular weight excluding hydrogens is 332 g/mol. The minimum absolute atomic E-state index is 0.109. The highest BCUT2D eigenvalue weighted by Crippen LogP contribution is 2.25. The van der Waals surface area contributed by atoms with E-state index < -0.39 is 0 Å². The molecule has 3 heteroatoms. The lowest BCUT2D eigenvalue weighted by Crippen LogP contribution is -2.37. The largest absolute Gasteiger partial charge is 0.369 e. The summed E-state index contributed by atoms with van der Waals surface area (Å²) < 4.78 is 0. The van der Waals surface area contributed by atoms with Crippen LogP contribution in [0.4, 0.5) is 11.4 Å². The second-order valence-corrected chi connectivity index (χ2v) is 7.73. The van der Waals surface area contributed by atoms with Crippen LogP contribution in [0.25, 0.3) is 6.08 Å². The summed E-state index contributed by atoms with van der Waals surface area (Å²) in [5.74, 6) is 0.407. The molecule has 0 radical (unpaired) electrons. The van der Waals surface area contributed by atoms with Gasteiger partial charge in [-0.2, -0.15) is 0 Å². The first-order valence-electron chi connectivity index (χ1n) is 9.98. The molecule has 3 nitrogen and oxygen atoms in total. The highest BCUT2D eigenvalue weighted by molar-refractivity contribution is 6.02. The van der Waals surface area contributed by atoms with Gasteiger partial charge in [-0.15, -0.1) is 0 Å². The van der Waals surface area contributed by atoms with Crippen LogP contribution in [-0.4, -0.2) is 18.5 Å². The van der Waals surface area contributed by atoms with Crippen LogP contribution < -0.4 is 10.2 Å². The summed E-state index contributed by atoms with van der Waals surface area (Å²) in [6.07, 6.45) is 7.26. The van der Waals surface area contributed by atoms with Crippen LogP contribution in [0.15, 0.2) is 54.6 Å². The molecular formula is C24H30N2O. The van der Waals surface area contributed by atoms with Crippen LogP contribution in [0, 0.1) is 0 Å². The maximum atomic E-state index is 12.2. The van der Waals surface area contributed by atoms with E-state index >= 15 is 0 Å². The second kappa shape index (κ2) is 8.90. The van der Waals surface area contributed by atoms with Crippen molar-refractivity contribution in [1.82, 2.24) is 0 Å². The fourth-order valence-corrected chi connectivity index (χ4v) is 3.57. The van der Waals surface area contributed by atoms with Gasteiger partial charge in [0.1, 0.15) is 0 Å². The Bertz CT molecular complexity index is 775. The van der Waals surface area contributed by atoms with Crippen LogP contribution in [0.2, 0.25) is 0 Å². The Morgan fingerprint density at radius 3 is 2.41 bits per heavy atom. The van der Waals surface area contributed by atoms with Gasteiger partial charge in [-0.25, -0.2) is 0 Å². The Morgan fingerprint density at radius 2 is 1.78 bits per heavy atom. The van der Waals surface area contributed by atoms with E-state index in [1.165, 1.54) is 30.5 Å². The van der Waals surface area contributed by atoms with Gasteiger partial charge >= 0.3 is 0 Å². The van der Waals surface area contributed by atoms with E-state index in [0.29, 0.717) is 12.0 Å². The summed E-state index contributed by atoms with van der Waals surface area (Å²) in [6.45, 7) is 7.75. The van der Waals surface area contributed by atoms with Gasteiger partial charge in [-0.3, -0.25) is 4.79 Å². The molecule has 3 rings (SSSR count). The van der Waals surface area contributed by atoms with Crippen LogP contribution in [0.1, 0.15) is 57.1 Å². The number of nitrogens with zero attached hydrogens (tertiary/aromatic N) is 1. The van der Waals surface area contributed by atoms with Crippen molar-refractivity contribution in [3.8, 4) is 0 Å². The van der Waals surface area contributed by atoms with E-state index in [9.17, 15) is 4.79 Å². The third kappa shape index (κ3) is 5.22. The Kier molecular flexibility index (Phi) is 6.33. The van der Waals surface area contributed by atoms with Crippen molar-refractivity contribution in [1.29, 1.82) is 0 Å². The summed E-state index contributed by atoms with van der Waals surface area (Å²) in [4.78, 5) is 14.6. The van der Waals surface area contributed by atoms with E-state index in [1.54, 1.807) is 6.08 Å². The first kappa shape index (κ1) is 19.2. The van der Waals surface area contributed by atoms with Gasteiger partial charge in [-0.05, 0) is 73.6 Å². The summed E-state index contributed by atoms with van der Waals surface area (Å²) >= 11 is 0. The standard InChI is InChI=1S/C24H30N2O/c1-18(2)21-10-7-20(8-11-21)9-16-24(27)25-22-12-14-23(15-13-22)26-17-5-4-6-19(26)3/h7-16,18-19H,4-6,17H2,1-3H3,(H,25,27)/b16-9+/t19-/m1/s1. The van der Waals surface area contributed by atoms with E-state index in [-0.39, 0.29) is 5.91 Å². The van der Waals surface area contributed by atoms with Crippen molar-refractivity contribution in [3.63, 3.8) is 0 Å².